The summed E-state index contributed by atoms with van der Waals surface area (Å²) in [6, 6.07) is 6.69. The maximum Gasteiger partial charge on any atom is 0.415 e. The van der Waals surface area contributed by atoms with E-state index >= 15 is 0 Å². The van der Waals surface area contributed by atoms with E-state index in [0.29, 0.717) is 18.9 Å². The van der Waals surface area contributed by atoms with Gasteiger partial charge in [-0.1, -0.05) is 0 Å². The molecule has 1 aliphatic heterocycles. The van der Waals surface area contributed by atoms with Crippen LogP contribution < -0.4 is 9.80 Å². The zero-order valence-electron chi connectivity index (χ0n) is 16.2. The standard InChI is InChI=1S/C19H28N2O5/c1-14(17(22)24-5)21(18(23)26-19(2,3)4)16-8-6-15(7-9-16)20-10-12-25-13-11-20/h6-9,14H,10-13H2,1-5H3. The van der Waals surface area contributed by atoms with Crippen molar-refractivity contribution in [1.82, 2.24) is 0 Å². The first-order valence-electron chi connectivity index (χ1n) is 8.76. The highest BCUT2D eigenvalue weighted by atomic mass is 16.6. The minimum atomic E-state index is -0.802. The van der Waals surface area contributed by atoms with E-state index in [1.165, 1.54) is 12.0 Å². The Balaban J connectivity index is 2.26. The van der Waals surface area contributed by atoms with Crippen molar-refractivity contribution in [3.63, 3.8) is 0 Å². The van der Waals surface area contributed by atoms with Gasteiger partial charge in [0.2, 0.25) is 0 Å². The van der Waals surface area contributed by atoms with Gasteiger partial charge in [0.05, 0.1) is 20.3 Å². The molecule has 0 N–H and O–H groups in total. The number of hydrogen-bond donors (Lipinski definition) is 0. The van der Waals surface area contributed by atoms with Gasteiger partial charge in [0.1, 0.15) is 11.6 Å². The lowest BCUT2D eigenvalue weighted by Crippen LogP contribution is -2.46. The van der Waals surface area contributed by atoms with E-state index in [1.807, 2.05) is 24.3 Å². The van der Waals surface area contributed by atoms with Crippen LogP contribution in [-0.2, 0) is 19.0 Å². The molecule has 2 rings (SSSR count). The van der Waals surface area contributed by atoms with E-state index in [4.69, 9.17) is 14.2 Å². The number of benzene rings is 1. The van der Waals surface area contributed by atoms with Crippen LogP contribution in [0.1, 0.15) is 27.7 Å². The Morgan fingerprint density at radius 3 is 2.23 bits per heavy atom. The second kappa shape index (κ2) is 8.40. The summed E-state index contributed by atoms with van der Waals surface area (Å²) in [5.74, 6) is -0.506. The molecule has 1 amide bonds. The van der Waals surface area contributed by atoms with Crippen LogP contribution in [0.15, 0.2) is 24.3 Å². The van der Waals surface area contributed by atoms with Crippen LogP contribution in [0.4, 0.5) is 16.2 Å². The van der Waals surface area contributed by atoms with Crippen molar-refractivity contribution in [1.29, 1.82) is 0 Å². The lowest BCUT2D eigenvalue weighted by molar-refractivity contribution is -0.141. The molecule has 0 aliphatic carbocycles. The molecule has 1 unspecified atom stereocenters. The molecule has 7 heteroatoms. The van der Waals surface area contributed by atoms with E-state index in [1.54, 1.807) is 27.7 Å². The van der Waals surface area contributed by atoms with Crippen molar-refractivity contribution in [3.8, 4) is 0 Å². The summed E-state index contributed by atoms with van der Waals surface area (Å²) in [6.45, 7) is 10.0. The summed E-state index contributed by atoms with van der Waals surface area (Å²) < 4.78 is 15.6. The Kier molecular flexibility index (Phi) is 6.47. The SMILES string of the molecule is COC(=O)C(C)N(C(=O)OC(C)(C)C)c1ccc(N2CCOCC2)cc1. The van der Waals surface area contributed by atoms with Crippen LogP contribution in [0, 0.1) is 0 Å². The molecular formula is C19H28N2O5. The molecular weight excluding hydrogens is 336 g/mol. The average Bonchev–Trinajstić information content (AvgIpc) is 2.61. The summed E-state index contributed by atoms with van der Waals surface area (Å²) in [6.07, 6.45) is -0.588. The number of carbonyl (C=O) groups is 2. The van der Waals surface area contributed by atoms with Crippen molar-refractivity contribution < 1.29 is 23.8 Å². The number of nitrogens with zero attached hydrogens (tertiary/aromatic N) is 2. The van der Waals surface area contributed by atoms with Gasteiger partial charge >= 0.3 is 12.1 Å². The van der Waals surface area contributed by atoms with Gasteiger partial charge < -0.3 is 19.1 Å². The molecule has 1 aromatic carbocycles. The number of rotatable bonds is 4. The van der Waals surface area contributed by atoms with E-state index in [2.05, 4.69) is 4.90 Å². The van der Waals surface area contributed by atoms with Crippen LogP contribution in [0.5, 0.6) is 0 Å². The molecule has 26 heavy (non-hydrogen) atoms. The summed E-state index contributed by atoms with van der Waals surface area (Å²) in [5, 5.41) is 0. The molecule has 0 spiro atoms. The van der Waals surface area contributed by atoms with Crippen molar-refractivity contribution in [2.24, 2.45) is 0 Å². The Morgan fingerprint density at radius 2 is 1.73 bits per heavy atom. The lowest BCUT2D eigenvalue weighted by Gasteiger charge is -2.32. The fourth-order valence-corrected chi connectivity index (χ4v) is 2.72. The third-order valence-corrected chi connectivity index (χ3v) is 4.02. The molecule has 1 saturated heterocycles. The third-order valence-electron chi connectivity index (χ3n) is 4.02. The minimum absolute atomic E-state index is 0.506. The van der Waals surface area contributed by atoms with Gasteiger partial charge in [-0.25, -0.2) is 9.59 Å². The van der Waals surface area contributed by atoms with Crippen LogP contribution in [-0.4, -0.2) is 57.1 Å². The second-order valence-electron chi connectivity index (χ2n) is 7.17. The largest absolute Gasteiger partial charge is 0.467 e. The molecule has 1 fully saturated rings. The van der Waals surface area contributed by atoms with E-state index < -0.39 is 23.7 Å². The van der Waals surface area contributed by atoms with Crippen LogP contribution in [0.3, 0.4) is 0 Å². The van der Waals surface area contributed by atoms with Gasteiger partial charge in [-0.3, -0.25) is 4.90 Å². The van der Waals surface area contributed by atoms with Crippen molar-refractivity contribution >= 4 is 23.4 Å². The van der Waals surface area contributed by atoms with Gasteiger partial charge in [0.15, 0.2) is 0 Å². The number of anilines is 2. The lowest BCUT2D eigenvalue weighted by atomic mass is 10.2. The Bertz CT molecular complexity index is 618. The highest BCUT2D eigenvalue weighted by molar-refractivity contribution is 5.95. The molecule has 0 saturated carbocycles. The van der Waals surface area contributed by atoms with Gasteiger partial charge in [0, 0.05) is 24.5 Å². The molecule has 7 nitrogen and oxygen atoms in total. The second-order valence-corrected chi connectivity index (χ2v) is 7.17. The first-order chi connectivity index (χ1) is 12.2. The number of amides is 1. The zero-order valence-corrected chi connectivity index (χ0v) is 16.2. The Hall–Kier alpha value is -2.28. The fraction of sp³-hybridized carbons (Fsp3) is 0.579. The molecule has 1 aromatic rings. The Labute approximate surface area is 154 Å². The van der Waals surface area contributed by atoms with Crippen LogP contribution >= 0.6 is 0 Å². The number of esters is 1. The maximum absolute atomic E-state index is 12.7. The highest BCUT2D eigenvalue weighted by Gasteiger charge is 2.32. The molecule has 0 radical (unpaired) electrons. The first kappa shape index (κ1) is 20.0. The number of methoxy groups -OCH3 is 1. The summed E-state index contributed by atoms with van der Waals surface area (Å²) in [7, 11) is 1.30. The summed E-state index contributed by atoms with van der Waals surface area (Å²) in [4.78, 5) is 28.2. The predicted octanol–water partition coefficient (Wildman–Crippen LogP) is 2.83. The third kappa shape index (κ3) is 5.11. The average molecular weight is 364 g/mol. The number of morpholine rings is 1. The van der Waals surface area contributed by atoms with Crippen LogP contribution in [0.25, 0.3) is 0 Å². The van der Waals surface area contributed by atoms with Crippen LogP contribution in [0.2, 0.25) is 0 Å². The van der Waals surface area contributed by atoms with E-state index in [-0.39, 0.29) is 0 Å². The molecule has 0 aromatic heterocycles. The Morgan fingerprint density at radius 1 is 1.15 bits per heavy atom. The first-order valence-corrected chi connectivity index (χ1v) is 8.76. The maximum atomic E-state index is 12.7. The summed E-state index contributed by atoms with van der Waals surface area (Å²) in [5.41, 5.74) is 0.958. The molecule has 1 heterocycles. The number of carbonyl (C=O) groups excluding carboxylic acids is 2. The number of ether oxygens (including phenoxy) is 3. The summed E-state index contributed by atoms with van der Waals surface area (Å²) >= 11 is 0. The minimum Gasteiger partial charge on any atom is -0.467 e. The van der Waals surface area contributed by atoms with Gasteiger partial charge in [-0.2, -0.15) is 0 Å². The fourth-order valence-electron chi connectivity index (χ4n) is 2.72. The monoisotopic (exact) mass is 364 g/mol. The molecule has 1 aliphatic rings. The predicted molar refractivity (Wildman–Crippen MR) is 99.7 cm³/mol. The van der Waals surface area contributed by atoms with Gasteiger partial charge in [-0.05, 0) is 52.0 Å². The highest BCUT2D eigenvalue weighted by Crippen LogP contribution is 2.25. The van der Waals surface area contributed by atoms with Gasteiger partial charge in [0.25, 0.3) is 0 Å². The van der Waals surface area contributed by atoms with Crippen molar-refractivity contribution in [2.45, 2.75) is 39.3 Å². The quantitative estimate of drug-likeness (QED) is 0.766. The topological polar surface area (TPSA) is 68.3 Å². The van der Waals surface area contributed by atoms with E-state index in [9.17, 15) is 9.59 Å². The number of hydrogen-bond acceptors (Lipinski definition) is 6. The van der Waals surface area contributed by atoms with E-state index in [0.717, 1.165) is 18.8 Å². The smallest absolute Gasteiger partial charge is 0.415 e. The van der Waals surface area contributed by atoms with Gasteiger partial charge in [-0.15, -0.1) is 0 Å². The van der Waals surface area contributed by atoms with Crippen molar-refractivity contribution in [2.75, 3.05) is 43.2 Å². The molecule has 144 valence electrons. The molecule has 1 atom stereocenters. The zero-order chi connectivity index (χ0) is 19.3. The van der Waals surface area contributed by atoms with Crippen molar-refractivity contribution in [3.05, 3.63) is 24.3 Å². The normalized spacial score (nSPS) is 16.0. The molecule has 0 bridgehead atoms.